The quantitative estimate of drug-likeness (QED) is 0.223. The van der Waals surface area contributed by atoms with Gasteiger partial charge in [0.25, 0.3) is 0 Å². The maximum Gasteiger partial charge on any atom is 0.307 e. The summed E-state index contributed by atoms with van der Waals surface area (Å²) < 4.78 is 33.5. The first-order valence-corrected chi connectivity index (χ1v) is 12.7. The minimum atomic E-state index is -4.22. The molecule has 1 aromatic heterocycles. The van der Waals surface area contributed by atoms with Crippen molar-refractivity contribution in [3.05, 3.63) is 78.5 Å². The second-order valence-corrected chi connectivity index (χ2v) is 9.93. The number of aromatic amines is 1. The Hall–Kier alpha value is -4.02. The number of aromatic nitrogens is 1. The van der Waals surface area contributed by atoms with Gasteiger partial charge in [0.15, 0.2) is 0 Å². The van der Waals surface area contributed by atoms with Crippen LogP contribution >= 0.6 is 0 Å². The second kappa shape index (κ2) is 10.7. The number of rotatable bonds is 10. The normalized spacial score (nSPS) is 13.2. The number of benzene rings is 3. The Bertz CT molecular complexity index is 1520. The zero-order valence-corrected chi connectivity index (χ0v) is 20.2. The SMILES string of the molecule is COC(=O)C[C@H](NS(=O)(=O)c1cccc2ccccc12)C(=O)N[C@@H](C=O)Cc1c[nH]c2ccccc12. The molecule has 9 nitrogen and oxygen atoms in total. The van der Waals surface area contributed by atoms with Gasteiger partial charge in [-0.25, -0.2) is 8.42 Å². The molecule has 1 amide bonds. The molecule has 0 bridgehead atoms. The van der Waals surface area contributed by atoms with Gasteiger partial charge in [0.2, 0.25) is 15.9 Å². The standard InChI is InChI=1S/C26H25N3O6S/c1-35-25(31)14-23(29-36(33,34)24-12-6-8-17-7-2-3-10-21(17)24)26(32)28-19(16-30)13-18-15-27-22-11-5-4-9-20(18)22/h2-12,15-16,19,23,27,29H,13-14H2,1H3,(H,28,32)/t19-,23+/m1/s1. The van der Waals surface area contributed by atoms with Crippen LogP contribution in [-0.2, 0) is 35.6 Å². The van der Waals surface area contributed by atoms with E-state index in [1.165, 1.54) is 6.07 Å². The van der Waals surface area contributed by atoms with Crippen LogP contribution in [0.4, 0.5) is 0 Å². The number of carbonyl (C=O) groups excluding carboxylic acids is 3. The highest BCUT2D eigenvalue weighted by molar-refractivity contribution is 7.89. The molecule has 0 saturated carbocycles. The number of methoxy groups -OCH3 is 1. The zero-order valence-electron chi connectivity index (χ0n) is 19.4. The number of carbonyl (C=O) groups is 3. The zero-order chi connectivity index (χ0) is 25.7. The first-order valence-electron chi connectivity index (χ1n) is 11.2. The Morgan fingerprint density at radius 2 is 1.69 bits per heavy atom. The Labute approximate surface area is 207 Å². The molecular weight excluding hydrogens is 482 g/mol. The summed E-state index contributed by atoms with van der Waals surface area (Å²) in [6, 6.07) is 16.8. The van der Waals surface area contributed by atoms with Gasteiger partial charge < -0.3 is 19.8 Å². The summed E-state index contributed by atoms with van der Waals surface area (Å²) in [5.74, 6) is -1.60. The van der Waals surface area contributed by atoms with Crippen molar-refractivity contribution in [2.24, 2.45) is 0 Å². The van der Waals surface area contributed by atoms with Crippen molar-refractivity contribution in [3.63, 3.8) is 0 Å². The Morgan fingerprint density at radius 3 is 2.44 bits per heavy atom. The van der Waals surface area contributed by atoms with E-state index in [1.54, 1.807) is 42.6 Å². The maximum atomic E-state index is 13.3. The van der Waals surface area contributed by atoms with E-state index in [0.29, 0.717) is 17.1 Å². The van der Waals surface area contributed by atoms with E-state index >= 15 is 0 Å². The van der Waals surface area contributed by atoms with E-state index in [-0.39, 0.29) is 11.3 Å². The molecule has 10 heteroatoms. The average Bonchev–Trinajstić information content (AvgIpc) is 3.29. The fourth-order valence-electron chi connectivity index (χ4n) is 4.07. The Balaban J connectivity index is 1.57. The summed E-state index contributed by atoms with van der Waals surface area (Å²) in [4.78, 5) is 40.0. The van der Waals surface area contributed by atoms with Crippen LogP contribution in [-0.4, -0.2) is 50.8 Å². The third-order valence-corrected chi connectivity index (χ3v) is 7.39. The second-order valence-electron chi connectivity index (χ2n) is 8.25. The summed E-state index contributed by atoms with van der Waals surface area (Å²) in [5.41, 5.74) is 1.69. The van der Waals surface area contributed by atoms with Crippen molar-refractivity contribution in [2.45, 2.75) is 29.8 Å². The van der Waals surface area contributed by atoms with Crippen LogP contribution in [0.2, 0.25) is 0 Å². The van der Waals surface area contributed by atoms with Crippen molar-refractivity contribution in [1.82, 2.24) is 15.0 Å². The molecule has 3 N–H and O–H groups in total. The number of sulfonamides is 1. The lowest BCUT2D eigenvalue weighted by atomic mass is 10.1. The number of fused-ring (bicyclic) bond motifs is 2. The Kier molecular flexibility index (Phi) is 7.47. The number of H-pyrrole nitrogens is 1. The van der Waals surface area contributed by atoms with Crippen molar-refractivity contribution >= 4 is 49.9 Å². The van der Waals surface area contributed by atoms with Gasteiger partial charge in [-0.05, 0) is 23.1 Å². The average molecular weight is 508 g/mol. The number of nitrogens with one attached hydrogen (secondary N) is 3. The van der Waals surface area contributed by atoms with E-state index in [2.05, 4.69) is 19.8 Å². The molecule has 1 heterocycles. The number of hydrogen-bond acceptors (Lipinski definition) is 6. The molecule has 0 spiro atoms. The smallest absolute Gasteiger partial charge is 0.307 e. The molecule has 2 atom stereocenters. The van der Waals surface area contributed by atoms with Gasteiger partial charge in [-0.15, -0.1) is 0 Å². The van der Waals surface area contributed by atoms with Crippen LogP contribution in [0.1, 0.15) is 12.0 Å². The van der Waals surface area contributed by atoms with Crippen molar-refractivity contribution in [3.8, 4) is 0 Å². The minimum absolute atomic E-state index is 0.0333. The Morgan fingerprint density at radius 1 is 1.00 bits per heavy atom. The lowest BCUT2D eigenvalue weighted by Gasteiger charge is -2.20. The van der Waals surface area contributed by atoms with Crippen LogP contribution in [0, 0.1) is 0 Å². The lowest BCUT2D eigenvalue weighted by Crippen LogP contribution is -2.51. The number of amides is 1. The molecule has 0 aliphatic heterocycles. The highest BCUT2D eigenvalue weighted by Crippen LogP contribution is 2.23. The lowest BCUT2D eigenvalue weighted by molar-refractivity contribution is -0.143. The molecule has 3 aromatic carbocycles. The van der Waals surface area contributed by atoms with Gasteiger partial charge in [0.1, 0.15) is 12.3 Å². The van der Waals surface area contributed by atoms with Gasteiger partial charge in [0, 0.05) is 28.9 Å². The number of esters is 1. The van der Waals surface area contributed by atoms with Crippen LogP contribution in [0.25, 0.3) is 21.7 Å². The molecule has 0 unspecified atom stereocenters. The highest BCUT2D eigenvalue weighted by Gasteiger charge is 2.30. The molecule has 36 heavy (non-hydrogen) atoms. The number of para-hydroxylation sites is 1. The summed E-state index contributed by atoms with van der Waals surface area (Å²) in [6.45, 7) is 0. The number of ether oxygens (including phenoxy) is 1. The van der Waals surface area contributed by atoms with Gasteiger partial charge in [-0.1, -0.05) is 54.6 Å². The van der Waals surface area contributed by atoms with Gasteiger partial charge in [-0.2, -0.15) is 4.72 Å². The van der Waals surface area contributed by atoms with E-state index in [1.807, 2.05) is 24.3 Å². The van der Waals surface area contributed by atoms with Crippen molar-refractivity contribution < 1.29 is 27.5 Å². The summed E-state index contributed by atoms with van der Waals surface area (Å²) in [5, 5.41) is 4.63. The van der Waals surface area contributed by atoms with Gasteiger partial charge in [0.05, 0.1) is 24.5 Å². The fraction of sp³-hybridized carbons (Fsp3) is 0.192. The van der Waals surface area contributed by atoms with Gasteiger partial charge >= 0.3 is 5.97 Å². The molecule has 4 aromatic rings. The molecular formula is C26H25N3O6S. The minimum Gasteiger partial charge on any atom is -0.469 e. The fourth-order valence-corrected chi connectivity index (χ4v) is 5.50. The monoisotopic (exact) mass is 507 g/mol. The van der Waals surface area contributed by atoms with Crippen LogP contribution in [0.3, 0.4) is 0 Å². The first kappa shape index (κ1) is 25.1. The highest BCUT2D eigenvalue weighted by atomic mass is 32.2. The van der Waals surface area contributed by atoms with E-state index < -0.39 is 40.4 Å². The third-order valence-electron chi connectivity index (χ3n) is 5.86. The van der Waals surface area contributed by atoms with Crippen molar-refractivity contribution in [2.75, 3.05) is 7.11 Å². The molecule has 0 radical (unpaired) electrons. The van der Waals surface area contributed by atoms with Crippen LogP contribution < -0.4 is 10.0 Å². The molecule has 4 rings (SSSR count). The number of aldehydes is 1. The molecule has 0 aliphatic carbocycles. The molecule has 0 aliphatic rings. The van der Waals surface area contributed by atoms with E-state index in [4.69, 9.17) is 0 Å². The first-order chi connectivity index (χ1) is 17.3. The predicted octanol–water partition coefficient (Wildman–Crippen LogP) is 2.46. The molecule has 0 saturated heterocycles. The maximum absolute atomic E-state index is 13.3. The third kappa shape index (κ3) is 5.45. The summed E-state index contributed by atoms with van der Waals surface area (Å²) >= 11 is 0. The van der Waals surface area contributed by atoms with E-state index in [0.717, 1.165) is 23.6 Å². The molecule has 186 valence electrons. The summed E-state index contributed by atoms with van der Waals surface area (Å²) in [6.07, 6.45) is 1.96. The van der Waals surface area contributed by atoms with Gasteiger partial charge in [-0.3, -0.25) is 9.59 Å². The van der Waals surface area contributed by atoms with E-state index in [9.17, 15) is 22.8 Å². The summed E-state index contributed by atoms with van der Waals surface area (Å²) in [7, 11) is -3.08. The van der Waals surface area contributed by atoms with Crippen molar-refractivity contribution in [1.29, 1.82) is 0 Å². The largest absolute Gasteiger partial charge is 0.469 e. The number of hydrogen-bond donors (Lipinski definition) is 3. The molecule has 0 fully saturated rings. The topological polar surface area (TPSA) is 134 Å². The van der Waals surface area contributed by atoms with Crippen LogP contribution in [0.15, 0.2) is 77.8 Å². The van der Waals surface area contributed by atoms with Crippen LogP contribution in [0.5, 0.6) is 0 Å². The predicted molar refractivity (Wildman–Crippen MR) is 135 cm³/mol.